The monoisotopic (exact) mass is 655 g/mol. The highest BCUT2D eigenvalue weighted by Gasteiger charge is 2.52. The number of para-hydroxylation sites is 1. The summed E-state index contributed by atoms with van der Waals surface area (Å²) in [6, 6.07) is 13.3. The van der Waals surface area contributed by atoms with Gasteiger partial charge in [0.15, 0.2) is 0 Å². The van der Waals surface area contributed by atoms with Crippen LogP contribution >= 0.6 is 23.2 Å². The minimum absolute atomic E-state index is 0.0383. The molecule has 2 atom stereocenters. The van der Waals surface area contributed by atoms with Gasteiger partial charge >= 0.3 is 12.1 Å². The Morgan fingerprint density at radius 2 is 1.69 bits per heavy atom. The highest BCUT2D eigenvalue weighted by atomic mass is 35.5. The van der Waals surface area contributed by atoms with Crippen LogP contribution in [0, 0.1) is 0 Å². The number of ether oxygens (including phenoxy) is 1. The summed E-state index contributed by atoms with van der Waals surface area (Å²) in [5.41, 5.74) is 1.78. The third-order valence-corrected chi connectivity index (χ3v) is 11.0. The summed E-state index contributed by atoms with van der Waals surface area (Å²) in [6.45, 7) is 4.82. The van der Waals surface area contributed by atoms with Gasteiger partial charge in [0.25, 0.3) is 0 Å². The van der Waals surface area contributed by atoms with Crippen molar-refractivity contribution < 1.29 is 19.1 Å². The molecule has 45 heavy (non-hydrogen) atoms. The van der Waals surface area contributed by atoms with Gasteiger partial charge in [-0.25, -0.2) is 9.59 Å². The molecule has 1 N–H and O–H groups in total. The van der Waals surface area contributed by atoms with Crippen LogP contribution in [0.1, 0.15) is 62.5 Å². The number of anilines is 1. The third-order valence-electron chi connectivity index (χ3n) is 10.3. The number of nitrogens with zero attached hydrogens (tertiary/aromatic N) is 4. The number of carbonyl (C=O) groups is 3. The Labute approximate surface area is 275 Å². The van der Waals surface area contributed by atoms with Crippen molar-refractivity contribution in [2.24, 2.45) is 0 Å². The maximum Gasteiger partial charge on any atom is 0.411 e. The molecular formula is C34H43Cl2N5O4. The fourth-order valence-electron chi connectivity index (χ4n) is 7.88. The summed E-state index contributed by atoms with van der Waals surface area (Å²) >= 11 is 12.3. The zero-order chi connectivity index (χ0) is 31.4. The molecule has 0 radical (unpaired) electrons. The molecule has 4 aliphatic heterocycles. The van der Waals surface area contributed by atoms with E-state index in [4.69, 9.17) is 27.9 Å². The van der Waals surface area contributed by atoms with E-state index in [0.29, 0.717) is 42.0 Å². The SMILES string of the molecule is O=CC[C@@]1(N2CCC(N3CCCCC3)CC2)C[C@H](N2CCc3ccccc3NC2=O)CCN1C(=O)OCc1ccc(Cl)c(Cl)c1. The van der Waals surface area contributed by atoms with Crippen LogP contribution in [0.3, 0.4) is 0 Å². The normalized spacial score (nSPS) is 25.3. The van der Waals surface area contributed by atoms with Crippen LogP contribution in [0.15, 0.2) is 42.5 Å². The van der Waals surface area contributed by atoms with Crippen LogP contribution in [-0.4, -0.2) is 95.0 Å². The number of urea groups is 1. The first kappa shape index (κ1) is 32.1. The Bertz CT molecular complexity index is 1380. The molecule has 11 heteroatoms. The predicted molar refractivity (Wildman–Crippen MR) is 176 cm³/mol. The molecule has 0 unspecified atom stereocenters. The molecule has 0 spiro atoms. The van der Waals surface area contributed by atoms with Gasteiger partial charge in [0, 0.05) is 56.8 Å². The van der Waals surface area contributed by atoms with Crippen molar-refractivity contribution in [2.45, 2.75) is 82.1 Å². The molecule has 0 saturated carbocycles. The van der Waals surface area contributed by atoms with Crippen molar-refractivity contribution in [3.63, 3.8) is 0 Å². The quantitative estimate of drug-likeness (QED) is 0.347. The van der Waals surface area contributed by atoms with Gasteiger partial charge in [0.1, 0.15) is 18.6 Å². The van der Waals surface area contributed by atoms with Crippen molar-refractivity contribution >= 4 is 47.3 Å². The zero-order valence-electron chi connectivity index (χ0n) is 25.8. The summed E-state index contributed by atoms with van der Waals surface area (Å²) < 4.78 is 5.88. The van der Waals surface area contributed by atoms with Gasteiger partial charge in [-0.3, -0.25) is 9.80 Å². The van der Waals surface area contributed by atoms with E-state index in [1.807, 2.05) is 23.1 Å². The molecule has 3 saturated heterocycles. The summed E-state index contributed by atoms with van der Waals surface area (Å²) in [5, 5.41) is 3.94. The molecule has 3 amide bonds. The maximum absolute atomic E-state index is 13.9. The fraction of sp³-hybridized carbons (Fsp3) is 0.559. The Morgan fingerprint density at radius 3 is 2.44 bits per heavy atom. The second-order valence-electron chi connectivity index (χ2n) is 12.8. The van der Waals surface area contributed by atoms with Crippen LogP contribution in [0.25, 0.3) is 0 Å². The number of hydrogen-bond donors (Lipinski definition) is 1. The van der Waals surface area contributed by atoms with E-state index in [9.17, 15) is 14.4 Å². The number of aldehydes is 1. The summed E-state index contributed by atoms with van der Waals surface area (Å²) in [4.78, 5) is 48.6. The predicted octanol–water partition coefficient (Wildman–Crippen LogP) is 6.42. The molecule has 9 nitrogen and oxygen atoms in total. The standard InChI is InChI=1S/C34H43Cl2N5O4/c35-29-9-8-25(22-30(29)36)24-45-33(44)41-20-13-28(40-19-10-26-6-2-3-7-31(26)37-32(40)43)23-34(41,14-21-42)39-17-11-27(12-18-39)38-15-4-1-5-16-38/h2-3,6-9,21-22,27-28H,1,4-5,10-20,23-24H2,(H,37,43)/t28-,34+/m1/s1. The zero-order valence-corrected chi connectivity index (χ0v) is 27.3. The van der Waals surface area contributed by atoms with Crippen LogP contribution in [0.4, 0.5) is 15.3 Å². The summed E-state index contributed by atoms with van der Waals surface area (Å²) in [5.74, 6) is 0. The van der Waals surface area contributed by atoms with Crippen LogP contribution in [-0.2, 0) is 22.6 Å². The van der Waals surface area contributed by atoms with Gasteiger partial charge in [-0.05, 0) is 80.9 Å². The number of likely N-dealkylation sites (tertiary alicyclic amines) is 3. The molecule has 4 aliphatic rings. The number of benzene rings is 2. The number of amides is 3. The van der Waals surface area contributed by atoms with E-state index < -0.39 is 11.8 Å². The Hall–Kier alpha value is -2.85. The second kappa shape index (κ2) is 14.3. The molecule has 2 aromatic rings. The van der Waals surface area contributed by atoms with E-state index in [1.165, 1.54) is 19.3 Å². The average Bonchev–Trinajstić information content (AvgIpc) is 3.23. The molecule has 3 fully saturated rings. The van der Waals surface area contributed by atoms with Gasteiger partial charge in [-0.1, -0.05) is 53.9 Å². The lowest BCUT2D eigenvalue weighted by Gasteiger charge is -2.57. The lowest BCUT2D eigenvalue weighted by atomic mass is 9.84. The molecule has 4 heterocycles. The average molecular weight is 657 g/mol. The minimum atomic E-state index is -0.897. The lowest BCUT2D eigenvalue weighted by molar-refractivity contribution is -0.128. The topological polar surface area (TPSA) is 85.4 Å². The van der Waals surface area contributed by atoms with Crippen molar-refractivity contribution in [3.8, 4) is 0 Å². The number of halogens is 2. The van der Waals surface area contributed by atoms with Crippen molar-refractivity contribution in [3.05, 3.63) is 63.6 Å². The molecule has 0 bridgehead atoms. The Morgan fingerprint density at radius 1 is 0.933 bits per heavy atom. The van der Waals surface area contributed by atoms with Crippen molar-refractivity contribution in [1.82, 2.24) is 19.6 Å². The van der Waals surface area contributed by atoms with E-state index in [2.05, 4.69) is 21.2 Å². The van der Waals surface area contributed by atoms with E-state index >= 15 is 0 Å². The molecule has 2 aromatic carbocycles. The molecular weight excluding hydrogens is 613 g/mol. The molecule has 242 valence electrons. The van der Waals surface area contributed by atoms with Gasteiger partial charge in [-0.15, -0.1) is 0 Å². The number of fused-ring (bicyclic) bond motifs is 1. The smallest absolute Gasteiger partial charge is 0.411 e. The van der Waals surface area contributed by atoms with Gasteiger partial charge in [0.2, 0.25) is 0 Å². The lowest BCUT2D eigenvalue weighted by Crippen LogP contribution is -2.70. The fourth-order valence-corrected chi connectivity index (χ4v) is 8.20. The molecule has 6 rings (SSSR count). The second-order valence-corrected chi connectivity index (χ2v) is 13.6. The summed E-state index contributed by atoms with van der Waals surface area (Å²) in [6.07, 6.45) is 8.18. The van der Waals surface area contributed by atoms with Gasteiger partial charge in [0.05, 0.1) is 10.0 Å². The number of rotatable bonds is 7. The van der Waals surface area contributed by atoms with Crippen LogP contribution in [0.2, 0.25) is 10.0 Å². The Kier molecular flexibility index (Phi) is 10.2. The highest BCUT2D eigenvalue weighted by Crippen LogP contribution is 2.40. The minimum Gasteiger partial charge on any atom is -0.444 e. The first-order valence-corrected chi connectivity index (χ1v) is 17.1. The largest absolute Gasteiger partial charge is 0.444 e. The van der Waals surface area contributed by atoms with E-state index in [0.717, 1.165) is 68.5 Å². The van der Waals surface area contributed by atoms with Gasteiger partial charge in [-0.2, -0.15) is 0 Å². The highest BCUT2D eigenvalue weighted by molar-refractivity contribution is 6.42. The summed E-state index contributed by atoms with van der Waals surface area (Å²) in [7, 11) is 0. The first-order chi connectivity index (χ1) is 21.9. The van der Waals surface area contributed by atoms with Crippen LogP contribution in [0.5, 0.6) is 0 Å². The third kappa shape index (κ3) is 6.97. The number of hydrogen-bond acceptors (Lipinski definition) is 6. The van der Waals surface area contributed by atoms with Crippen molar-refractivity contribution in [1.29, 1.82) is 0 Å². The first-order valence-electron chi connectivity index (χ1n) is 16.3. The van der Waals surface area contributed by atoms with E-state index in [1.54, 1.807) is 23.1 Å². The van der Waals surface area contributed by atoms with Crippen molar-refractivity contribution in [2.75, 3.05) is 44.6 Å². The number of carbonyl (C=O) groups excluding carboxylic acids is 3. The molecule has 0 aliphatic carbocycles. The van der Waals surface area contributed by atoms with Gasteiger partial charge < -0.3 is 24.6 Å². The van der Waals surface area contributed by atoms with E-state index in [-0.39, 0.29) is 25.1 Å². The molecule has 0 aromatic heterocycles. The number of piperidine rings is 3. The van der Waals surface area contributed by atoms with Crippen LogP contribution < -0.4 is 5.32 Å². The Balaban J connectivity index is 1.24. The number of nitrogens with one attached hydrogen (secondary N) is 1. The maximum atomic E-state index is 13.9.